The zero-order valence-electron chi connectivity index (χ0n) is 21.8. The third-order valence-electron chi connectivity index (χ3n) is 6.87. The van der Waals surface area contributed by atoms with Gasteiger partial charge in [0.2, 0.25) is 0 Å². The quantitative estimate of drug-likeness (QED) is 0.227. The minimum Gasteiger partial charge on any atom is -0.507 e. The first-order chi connectivity index (χ1) is 19.7. The molecule has 41 heavy (non-hydrogen) atoms. The highest BCUT2D eigenvalue weighted by Gasteiger charge is 2.31. The van der Waals surface area contributed by atoms with Gasteiger partial charge in [0.1, 0.15) is 11.5 Å². The number of rotatable bonds is 8. The van der Waals surface area contributed by atoms with E-state index in [0.29, 0.717) is 24.2 Å². The predicted molar refractivity (Wildman–Crippen MR) is 146 cm³/mol. The Morgan fingerprint density at radius 1 is 1.00 bits per heavy atom. The number of aromatic hydroxyl groups is 1. The molecule has 5 rings (SSSR count). The van der Waals surface area contributed by atoms with E-state index in [1.807, 2.05) is 30.3 Å². The largest absolute Gasteiger partial charge is 0.573 e. The molecule has 0 saturated heterocycles. The van der Waals surface area contributed by atoms with E-state index in [1.165, 1.54) is 22.9 Å². The molecule has 4 aromatic rings. The van der Waals surface area contributed by atoms with Crippen molar-refractivity contribution >= 4 is 17.6 Å². The number of phenols is 1. The Bertz CT molecular complexity index is 1530. The summed E-state index contributed by atoms with van der Waals surface area (Å²) in [4.78, 5) is 25.6. The first kappa shape index (κ1) is 27.8. The molecule has 1 saturated carbocycles. The number of hydrogen-bond acceptors (Lipinski definition) is 5. The Labute approximate surface area is 233 Å². The van der Waals surface area contributed by atoms with Gasteiger partial charge in [0, 0.05) is 35.3 Å². The van der Waals surface area contributed by atoms with Crippen molar-refractivity contribution in [2.45, 2.75) is 38.0 Å². The number of amides is 2. The SMILES string of the molecule is O=C(Nc1ccc(-c2cc(C3CCC3)n(C(=O)NCCc3ccccc3)n2)c(O)c1)c1ccc(OC(F)(F)F)cc1. The molecule has 1 aliphatic carbocycles. The standard InChI is InChI=1S/C30H27F3N4O4/c31-30(32,33)41-23-12-9-21(10-13-23)28(39)35-22-11-14-24(27(38)17-22)25-18-26(20-7-4-8-20)37(36-25)29(40)34-16-15-19-5-2-1-3-6-19/h1-3,5-6,9-14,17-18,20,38H,4,7-8,15-16H2,(H,34,40)(H,35,39). The third kappa shape index (κ3) is 6.86. The molecule has 1 heterocycles. The van der Waals surface area contributed by atoms with Crippen LogP contribution in [0.25, 0.3) is 11.3 Å². The maximum atomic E-state index is 13.0. The van der Waals surface area contributed by atoms with Crippen LogP contribution in [-0.2, 0) is 6.42 Å². The van der Waals surface area contributed by atoms with Crippen LogP contribution in [0.2, 0.25) is 0 Å². The van der Waals surface area contributed by atoms with Crippen molar-refractivity contribution in [2.24, 2.45) is 0 Å². The van der Waals surface area contributed by atoms with Crippen LogP contribution in [0, 0.1) is 0 Å². The molecule has 0 atom stereocenters. The van der Waals surface area contributed by atoms with Crippen LogP contribution in [0.5, 0.6) is 11.5 Å². The van der Waals surface area contributed by atoms with Gasteiger partial charge in [-0.25, -0.2) is 4.79 Å². The number of carbonyl (C=O) groups is 2. The molecule has 1 fully saturated rings. The smallest absolute Gasteiger partial charge is 0.507 e. The van der Waals surface area contributed by atoms with E-state index in [4.69, 9.17) is 0 Å². The third-order valence-corrected chi connectivity index (χ3v) is 6.87. The van der Waals surface area contributed by atoms with Gasteiger partial charge in [-0.1, -0.05) is 36.8 Å². The zero-order chi connectivity index (χ0) is 29.0. The van der Waals surface area contributed by atoms with Crippen molar-refractivity contribution < 1.29 is 32.6 Å². The van der Waals surface area contributed by atoms with E-state index in [1.54, 1.807) is 18.2 Å². The number of ether oxygens (including phenoxy) is 1. The van der Waals surface area contributed by atoms with Crippen LogP contribution in [0.1, 0.15) is 46.8 Å². The minimum absolute atomic E-state index is 0.102. The summed E-state index contributed by atoms with van der Waals surface area (Å²) in [7, 11) is 0. The number of nitrogens with zero attached hydrogens (tertiary/aromatic N) is 2. The fourth-order valence-corrected chi connectivity index (χ4v) is 4.56. The van der Waals surface area contributed by atoms with Crippen LogP contribution < -0.4 is 15.4 Å². The lowest BCUT2D eigenvalue weighted by Crippen LogP contribution is -2.33. The summed E-state index contributed by atoms with van der Waals surface area (Å²) in [6.07, 6.45) is -1.19. The van der Waals surface area contributed by atoms with E-state index < -0.39 is 18.0 Å². The molecule has 1 aromatic heterocycles. The second kappa shape index (κ2) is 11.7. The van der Waals surface area contributed by atoms with E-state index in [2.05, 4.69) is 20.5 Å². The van der Waals surface area contributed by atoms with Crippen molar-refractivity contribution in [1.82, 2.24) is 15.1 Å². The maximum absolute atomic E-state index is 13.0. The first-order valence-corrected chi connectivity index (χ1v) is 13.1. The molecule has 8 nitrogen and oxygen atoms in total. The molecule has 0 unspecified atom stereocenters. The number of aromatic nitrogens is 2. The number of benzene rings is 3. The maximum Gasteiger partial charge on any atom is 0.573 e. The van der Waals surface area contributed by atoms with Crippen molar-refractivity contribution in [2.75, 3.05) is 11.9 Å². The number of phenolic OH excluding ortho intramolecular Hbond substituents is 1. The minimum atomic E-state index is -4.83. The van der Waals surface area contributed by atoms with Crippen LogP contribution >= 0.6 is 0 Å². The van der Waals surface area contributed by atoms with Crippen molar-refractivity contribution in [3.63, 3.8) is 0 Å². The van der Waals surface area contributed by atoms with Crippen molar-refractivity contribution in [3.8, 4) is 22.8 Å². The average Bonchev–Trinajstić information content (AvgIpc) is 3.32. The summed E-state index contributed by atoms with van der Waals surface area (Å²) in [5, 5.41) is 20.8. The summed E-state index contributed by atoms with van der Waals surface area (Å²) in [5.74, 6) is -0.989. The molecule has 3 N–H and O–H groups in total. The number of carbonyl (C=O) groups excluding carboxylic acids is 2. The highest BCUT2D eigenvalue weighted by atomic mass is 19.4. The molecule has 0 radical (unpaired) electrons. The molecular weight excluding hydrogens is 537 g/mol. The molecule has 0 aliphatic heterocycles. The molecular formula is C30H27F3N4O4. The number of nitrogens with one attached hydrogen (secondary N) is 2. The number of alkyl halides is 3. The van der Waals surface area contributed by atoms with E-state index in [9.17, 15) is 27.9 Å². The van der Waals surface area contributed by atoms with Crippen molar-refractivity contribution in [3.05, 3.63) is 95.7 Å². The summed E-state index contributed by atoms with van der Waals surface area (Å²) in [6.45, 7) is 0.444. The first-order valence-electron chi connectivity index (χ1n) is 13.1. The molecule has 0 spiro atoms. The topological polar surface area (TPSA) is 105 Å². The second-order valence-corrected chi connectivity index (χ2v) is 9.72. The van der Waals surface area contributed by atoms with Gasteiger partial charge in [0.25, 0.3) is 5.91 Å². The Morgan fingerprint density at radius 2 is 1.73 bits per heavy atom. The number of halogens is 3. The lowest BCUT2D eigenvalue weighted by molar-refractivity contribution is -0.274. The van der Waals surface area contributed by atoms with Crippen LogP contribution in [0.15, 0.2) is 78.9 Å². The number of hydrogen-bond donors (Lipinski definition) is 3. The van der Waals surface area contributed by atoms with Crippen LogP contribution in [0.4, 0.5) is 23.7 Å². The van der Waals surface area contributed by atoms with Gasteiger partial charge in [-0.2, -0.15) is 9.78 Å². The summed E-state index contributed by atoms with van der Waals surface area (Å²) >= 11 is 0. The van der Waals surface area contributed by atoms with Gasteiger partial charge >= 0.3 is 12.4 Å². The predicted octanol–water partition coefficient (Wildman–Crippen LogP) is 6.47. The average molecular weight is 565 g/mol. The lowest BCUT2D eigenvalue weighted by Gasteiger charge is -2.25. The Balaban J connectivity index is 1.28. The zero-order valence-corrected chi connectivity index (χ0v) is 21.8. The Kier molecular flexibility index (Phi) is 7.95. The van der Waals surface area contributed by atoms with Gasteiger partial charge in [0.05, 0.1) is 11.4 Å². The lowest BCUT2D eigenvalue weighted by atomic mass is 9.82. The molecule has 0 bridgehead atoms. The van der Waals surface area contributed by atoms with Crippen molar-refractivity contribution in [1.29, 1.82) is 0 Å². The normalized spacial score (nSPS) is 13.3. The van der Waals surface area contributed by atoms with Gasteiger partial charge in [-0.3, -0.25) is 4.79 Å². The van der Waals surface area contributed by atoms with Gasteiger partial charge in [-0.05, 0) is 67.3 Å². The number of anilines is 1. The van der Waals surface area contributed by atoms with E-state index >= 15 is 0 Å². The Morgan fingerprint density at radius 3 is 2.37 bits per heavy atom. The molecule has 1 aliphatic rings. The molecule has 2 amide bonds. The molecule has 212 valence electrons. The highest BCUT2D eigenvalue weighted by molar-refractivity contribution is 6.04. The van der Waals surface area contributed by atoms with Gasteiger partial charge < -0.3 is 20.5 Å². The summed E-state index contributed by atoms with van der Waals surface area (Å²) < 4.78 is 42.3. The van der Waals surface area contributed by atoms with Crippen LogP contribution in [-0.4, -0.2) is 39.7 Å². The van der Waals surface area contributed by atoms with Gasteiger partial charge in [-0.15, -0.1) is 13.2 Å². The van der Waals surface area contributed by atoms with E-state index in [0.717, 1.165) is 42.7 Å². The Hall–Kier alpha value is -4.80. The summed E-state index contributed by atoms with van der Waals surface area (Å²) in [5.41, 5.74) is 3.05. The second-order valence-electron chi connectivity index (χ2n) is 9.72. The van der Waals surface area contributed by atoms with E-state index in [-0.39, 0.29) is 28.9 Å². The highest BCUT2D eigenvalue weighted by Crippen LogP contribution is 2.39. The summed E-state index contributed by atoms with van der Waals surface area (Å²) in [6, 6.07) is 20.2. The van der Waals surface area contributed by atoms with Gasteiger partial charge in [0.15, 0.2) is 0 Å². The molecule has 11 heteroatoms. The monoisotopic (exact) mass is 564 g/mol. The fraction of sp³-hybridized carbons (Fsp3) is 0.233. The fourth-order valence-electron chi connectivity index (χ4n) is 4.56. The molecule has 3 aromatic carbocycles. The van der Waals surface area contributed by atoms with Crippen LogP contribution in [0.3, 0.4) is 0 Å².